The molecule has 1 fully saturated rings. The largest absolute Gasteiger partial charge is 0.351 e. The lowest BCUT2D eigenvalue weighted by atomic mass is 9.70. The molecule has 22 heavy (non-hydrogen) atoms. The first kappa shape index (κ1) is 14.8. The number of halogens is 1. The zero-order valence-electron chi connectivity index (χ0n) is 12.3. The Morgan fingerprint density at radius 2 is 2.14 bits per heavy atom. The molecule has 0 spiro atoms. The third-order valence-corrected chi connectivity index (χ3v) is 4.59. The van der Waals surface area contributed by atoms with Crippen LogP contribution in [0.1, 0.15) is 42.5 Å². The molecule has 1 aliphatic heterocycles. The van der Waals surface area contributed by atoms with E-state index >= 15 is 0 Å². The molecule has 1 saturated heterocycles. The van der Waals surface area contributed by atoms with Crippen LogP contribution in [0.25, 0.3) is 0 Å². The van der Waals surface area contributed by atoms with Crippen molar-refractivity contribution in [3.63, 3.8) is 0 Å². The van der Waals surface area contributed by atoms with Gasteiger partial charge in [-0.2, -0.15) is 0 Å². The normalized spacial score (nSPS) is 24.0. The zero-order valence-corrected chi connectivity index (χ0v) is 12.3. The molecule has 2 N–H and O–H groups in total. The van der Waals surface area contributed by atoms with E-state index in [0.717, 1.165) is 31.4 Å². The van der Waals surface area contributed by atoms with Crippen molar-refractivity contribution in [1.82, 2.24) is 10.6 Å². The minimum absolute atomic E-state index is 0.0317. The first-order valence-electron chi connectivity index (χ1n) is 7.64. The third-order valence-electron chi connectivity index (χ3n) is 4.59. The Morgan fingerprint density at radius 1 is 1.32 bits per heavy atom. The van der Waals surface area contributed by atoms with Crippen LogP contribution in [0.4, 0.5) is 4.39 Å². The maximum absolute atomic E-state index is 13.7. The SMILES string of the molecule is O=C1CCC2(CNC(=O)c3ccccc3F)CCCC=C2N1. The summed E-state index contributed by atoms with van der Waals surface area (Å²) in [6.07, 6.45) is 6.15. The van der Waals surface area contributed by atoms with Crippen LogP contribution in [0.15, 0.2) is 36.0 Å². The summed E-state index contributed by atoms with van der Waals surface area (Å²) in [7, 11) is 0. The van der Waals surface area contributed by atoms with E-state index in [4.69, 9.17) is 0 Å². The molecule has 1 aromatic carbocycles. The van der Waals surface area contributed by atoms with Gasteiger partial charge in [-0.05, 0) is 37.8 Å². The van der Waals surface area contributed by atoms with Gasteiger partial charge in [-0.15, -0.1) is 0 Å². The Morgan fingerprint density at radius 3 is 2.95 bits per heavy atom. The van der Waals surface area contributed by atoms with Crippen LogP contribution in [0.3, 0.4) is 0 Å². The highest BCUT2D eigenvalue weighted by Crippen LogP contribution is 2.42. The summed E-state index contributed by atoms with van der Waals surface area (Å²) in [5.41, 5.74) is 0.761. The summed E-state index contributed by atoms with van der Waals surface area (Å²) in [5.74, 6) is -0.896. The van der Waals surface area contributed by atoms with E-state index < -0.39 is 11.7 Å². The van der Waals surface area contributed by atoms with Crippen molar-refractivity contribution in [3.05, 3.63) is 47.4 Å². The van der Waals surface area contributed by atoms with Crippen LogP contribution in [0.5, 0.6) is 0 Å². The van der Waals surface area contributed by atoms with Gasteiger partial charge in [0.05, 0.1) is 5.56 Å². The highest BCUT2D eigenvalue weighted by molar-refractivity contribution is 5.94. The average Bonchev–Trinajstić information content (AvgIpc) is 2.53. The zero-order chi connectivity index (χ0) is 15.6. The van der Waals surface area contributed by atoms with Crippen LogP contribution in [-0.4, -0.2) is 18.4 Å². The fraction of sp³-hybridized carbons (Fsp3) is 0.412. The quantitative estimate of drug-likeness (QED) is 0.901. The second kappa shape index (κ2) is 5.91. The maximum atomic E-state index is 13.7. The van der Waals surface area contributed by atoms with Crippen molar-refractivity contribution in [3.8, 4) is 0 Å². The predicted octanol–water partition coefficient (Wildman–Crippen LogP) is 2.52. The number of nitrogens with one attached hydrogen (secondary N) is 2. The minimum atomic E-state index is -0.520. The molecule has 1 aromatic rings. The van der Waals surface area contributed by atoms with E-state index in [1.165, 1.54) is 12.1 Å². The van der Waals surface area contributed by atoms with Gasteiger partial charge in [0.1, 0.15) is 5.82 Å². The third kappa shape index (κ3) is 2.75. The summed E-state index contributed by atoms with van der Waals surface area (Å²) in [5, 5.41) is 5.77. The molecule has 116 valence electrons. The van der Waals surface area contributed by atoms with Crippen LogP contribution < -0.4 is 10.6 Å². The lowest BCUT2D eigenvalue weighted by molar-refractivity contribution is -0.122. The Kier molecular flexibility index (Phi) is 3.96. The number of benzene rings is 1. The summed E-state index contributed by atoms with van der Waals surface area (Å²) >= 11 is 0. The number of fused-ring (bicyclic) bond motifs is 1. The highest BCUT2D eigenvalue weighted by atomic mass is 19.1. The molecule has 3 rings (SSSR count). The first-order chi connectivity index (χ1) is 10.6. The summed E-state index contributed by atoms with van der Waals surface area (Å²) in [4.78, 5) is 23.8. The Bertz CT molecular complexity index is 641. The smallest absolute Gasteiger partial charge is 0.254 e. The fourth-order valence-electron chi connectivity index (χ4n) is 3.31. The molecule has 0 radical (unpaired) electrons. The van der Waals surface area contributed by atoms with E-state index in [0.29, 0.717) is 13.0 Å². The molecule has 0 bridgehead atoms. The number of hydrogen-bond donors (Lipinski definition) is 2. The number of carbonyl (C=O) groups is 2. The van der Waals surface area contributed by atoms with Crippen molar-refractivity contribution < 1.29 is 14.0 Å². The average molecular weight is 302 g/mol. The van der Waals surface area contributed by atoms with E-state index in [-0.39, 0.29) is 16.9 Å². The minimum Gasteiger partial charge on any atom is -0.351 e. The second-order valence-electron chi connectivity index (χ2n) is 6.00. The van der Waals surface area contributed by atoms with Crippen LogP contribution in [-0.2, 0) is 4.79 Å². The van der Waals surface area contributed by atoms with Gasteiger partial charge in [-0.25, -0.2) is 4.39 Å². The lowest BCUT2D eigenvalue weighted by Gasteiger charge is -2.42. The summed E-state index contributed by atoms with van der Waals surface area (Å²) < 4.78 is 13.7. The standard InChI is InChI=1S/C17H19FN2O2/c18-13-6-2-1-5-12(13)16(22)19-11-17-9-4-3-7-14(17)20-15(21)8-10-17/h1-2,5-7H,3-4,8-11H2,(H,19,22)(H,20,21). The van der Waals surface area contributed by atoms with Gasteiger partial charge < -0.3 is 10.6 Å². The van der Waals surface area contributed by atoms with Crippen molar-refractivity contribution in [2.75, 3.05) is 6.54 Å². The monoisotopic (exact) mass is 302 g/mol. The molecule has 1 aliphatic carbocycles. The van der Waals surface area contributed by atoms with Gasteiger partial charge in [0, 0.05) is 24.1 Å². The number of hydrogen-bond acceptors (Lipinski definition) is 2. The summed E-state index contributed by atoms with van der Waals surface area (Å²) in [6.45, 7) is 0.423. The van der Waals surface area contributed by atoms with Crippen molar-refractivity contribution in [2.24, 2.45) is 5.41 Å². The molecular formula is C17H19FN2O2. The molecule has 1 atom stereocenters. The highest BCUT2D eigenvalue weighted by Gasteiger charge is 2.40. The Balaban J connectivity index is 1.73. The molecule has 4 nitrogen and oxygen atoms in total. The number of piperidine rings is 1. The maximum Gasteiger partial charge on any atom is 0.254 e. The van der Waals surface area contributed by atoms with Crippen LogP contribution in [0, 0.1) is 11.2 Å². The molecule has 2 aliphatic rings. The molecule has 0 saturated carbocycles. The van der Waals surface area contributed by atoms with Gasteiger partial charge in [0.25, 0.3) is 5.91 Å². The van der Waals surface area contributed by atoms with Crippen molar-refractivity contribution in [1.29, 1.82) is 0 Å². The van der Waals surface area contributed by atoms with Crippen LogP contribution >= 0.6 is 0 Å². The predicted molar refractivity (Wildman–Crippen MR) is 80.5 cm³/mol. The van der Waals surface area contributed by atoms with Crippen molar-refractivity contribution in [2.45, 2.75) is 32.1 Å². The molecule has 5 heteroatoms. The Hall–Kier alpha value is -2.17. The van der Waals surface area contributed by atoms with Crippen molar-refractivity contribution >= 4 is 11.8 Å². The molecule has 2 amide bonds. The number of allylic oxidation sites excluding steroid dienone is 1. The van der Waals surface area contributed by atoms with E-state index in [9.17, 15) is 14.0 Å². The molecular weight excluding hydrogens is 283 g/mol. The molecule has 0 aromatic heterocycles. The lowest BCUT2D eigenvalue weighted by Crippen LogP contribution is -2.48. The van der Waals surface area contributed by atoms with E-state index in [1.54, 1.807) is 12.1 Å². The van der Waals surface area contributed by atoms with Gasteiger partial charge in [0.2, 0.25) is 5.91 Å². The van der Waals surface area contributed by atoms with Gasteiger partial charge >= 0.3 is 0 Å². The van der Waals surface area contributed by atoms with E-state index in [1.807, 2.05) is 0 Å². The number of carbonyl (C=O) groups excluding carboxylic acids is 2. The fourth-order valence-corrected chi connectivity index (χ4v) is 3.31. The summed E-state index contributed by atoms with van der Waals surface area (Å²) in [6, 6.07) is 5.95. The second-order valence-corrected chi connectivity index (χ2v) is 6.00. The van der Waals surface area contributed by atoms with Crippen LogP contribution in [0.2, 0.25) is 0 Å². The molecule has 1 heterocycles. The number of rotatable bonds is 3. The molecule has 1 unspecified atom stereocenters. The van der Waals surface area contributed by atoms with E-state index in [2.05, 4.69) is 16.7 Å². The first-order valence-corrected chi connectivity index (χ1v) is 7.64. The van der Waals surface area contributed by atoms with Gasteiger partial charge in [-0.3, -0.25) is 9.59 Å². The Labute approximate surface area is 128 Å². The topological polar surface area (TPSA) is 58.2 Å². The van der Waals surface area contributed by atoms with Gasteiger partial charge in [-0.1, -0.05) is 18.2 Å². The van der Waals surface area contributed by atoms with Gasteiger partial charge in [0.15, 0.2) is 0 Å². The number of amides is 2.